The van der Waals surface area contributed by atoms with E-state index in [4.69, 9.17) is 0 Å². The predicted molar refractivity (Wildman–Crippen MR) is 127 cm³/mol. The molecule has 0 bridgehead atoms. The fraction of sp³-hybridized carbons (Fsp3) is 0.391. The molecule has 1 saturated heterocycles. The molecule has 1 N–H and O–H groups in total. The Morgan fingerprint density at radius 1 is 1.15 bits per heavy atom. The second kappa shape index (κ2) is 9.72. The van der Waals surface area contributed by atoms with Crippen LogP contribution in [-0.4, -0.2) is 62.3 Å². The number of piperazine rings is 1. The number of anilines is 2. The molecule has 0 aliphatic carbocycles. The van der Waals surface area contributed by atoms with E-state index in [-0.39, 0.29) is 40.0 Å². The average molecular weight is 492 g/mol. The van der Waals surface area contributed by atoms with E-state index in [1.165, 1.54) is 30.0 Å². The highest BCUT2D eigenvalue weighted by atomic mass is 32.2. The van der Waals surface area contributed by atoms with Gasteiger partial charge in [0.25, 0.3) is 0 Å². The fourth-order valence-electron chi connectivity index (χ4n) is 3.99. The minimum atomic E-state index is -3.69. The Kier molecular flexibility index (Phi) is 6.94. The molecular formula is C23H26FN3O4S2. The van der Waals surface area contributed by atoms with Crippen LogP contribution in [0.4, 0.5) is 15.8 Å². The smallest absolute Gasteiger partial charge is 0.237 e. The molecule has 1 atom stereocenters. The highest BCUT2D eigenvalue weighted by molar-refractivity contribution is 8.01. The van der Waals surface area contributed by atoms with Crippen LogP contribution >= 0.6 is 11.8 Å². The second-order valence-corrected chi connectivity index (χ2v) is 11.4. The summed E-state index contributed by atoms with van der Waals surface area (Å²) in [6.07, 6.45) is 0.560. The van der Waals surface area contributed by atoms with Gasteiger partial charge in [0.2, 0.25) is 11.8 Å². The molecule has 176 valence electrons. The molecule has 7 nitrogen and oxygen atoms in total. The summed E-state index contributed by atoms with van der Waals surface area (Å²) in [7, 11) is -3.69. The Labute approximate surface area is 197 Å². The predicted octanol–water partition coefficient (Wildman–Crippen LogP) is 3.16. The molecule has 2 aromatic carbocycles. The van der Waals surface area contributed by atoms with Gasteiger partial charge in [-0.15, -0.1) is 11.8 Å². The number of carbonyl (C=O) groups excluding carboxylic acids is 2. The largest absolute Gasteiger partial charge is 0.366 e. The molecule has 2 aromatic rings. The first-order chi connectivity index (χ1) is 15.8. The third-order valence-corrected chi connectivity index (χ3v) is 9.07. The quantitative estimate of drug-likeness (QED) is 0.668. The van der Waals surface area contributed by atoms with E-state index >= 15 is 0 Å². The van der Waals surface area contributed by atoms with Crippen LogP contribution in [0.2, 0.25) is 0 Å². The van der Waals surface area contributed by atoms with E-state index in [0.717, 1.165) is 4.90 Å². The van der Waals surface area contributed by atoms with Gasteiger partial charge < -0.3 is 15.1 Å². The van der Waals surface area contributed by atoms with Crippen LogP contribution in [0.3, 0.4) is 0 Å². The van der Waals surface area contributed by atoms with Crippen LogP contribution in [0, 0.1) is 5.82 Å². The zero-order chi connectivity index (χ0) is 23.6. The van der Waals surface area contributed by atoms with Gasteiger partial charge in [-0.1, -0.05) is 19.1 Å². The SMILES string of the molecule is CC[C@@H]1Sc2ccc(S(=O)(=O)CCC(=O)N3CCN(c4ccccc4F)CC3)cc2NC1=O. The molecular weight excluding hydrogens is 465 g/mol. The first kappa shape index (κ1) is 23.6. The van der Waals surface area contributed by atoms with Crippen LogP contribution in [0.1, 0.15) is 19.8 Å². The van der Waals surface area contributed by atoms with Gasteiger partial charge in [-0.2, -0.15) is 0 Å². The lowest BCUT2D eigenvalue weighted by atomic mass is 10.2. The number of sulfone groups is 1. The molecule has 4 rings (SSSR count). The number of benzene rings is 2. The van der Waals surface area contributed by atoms with Gasteiger partial charge in [-0.05, 0) is 36.8 Å². The van der Waals surface area contributed by atoms with Crippen molar-refractivity contribution >= 4 is 44.8 Å². The van der Waals surface area contributed by atoms with Crippen molar-refractivity contribution in [3.05, 3.63) is 48.3 Å². The zero-order valence-electron chi connectivity index (χ0n) is 18.3. The summed E-state index contributed by atoms with van der Waals surface area (Å²) in [6.45, 7) is 3.72. The van der Waals surface area contributed by atoms with Gasteiger partial charge in [0.05, 0.1) is 27.3 Å². The summed E-state index contributed by atoms with van der Waals surface area (Å²) < 4.78 is 39.7. The highest BCUT2D eigenvalue weighted by Crippen LogP contribution is 2.38. The number of rotatable bonds is 6. The first-order valence-electron chi connectivity index (χ1n) is 10.9. The van der Waals surface area contributed by atoms with E-state index < -0.39 is 9.84 Å². The summed E-state index contributed by atoms with van der Waals surface area (Å²) >= 11 is 1.43. The standard InChI is InChI=1S/C23H26FN3O4S2/c1-2-20-23(29)25-18-15-16(7-8-21(18)32-20)33(30,31)14-9-22(28)27-12-10-26(11-13-27)19-6-4-3-5-17(19)24/h3-8,15,20H,2,9-14H2,1H3,(H,25,29)/t20-/m0/s1. The lowest BCUT2D eigenvalue weighted by Gasteiger charge is -2.36. The number of fused-ring (bicyclic) bond motifs is 1. The number of nitrogens with zero attached hydrogens (tertiary/aromatic N) is 2. The lowest BCUT2D eigenvalue weighted by molar-refractivity contribution is -0.131. The van der Waals surface area contributed by atoms with Gasteiger partial charge in [-0.25, -0.2) is 12.8 Å². The Morgan fingerprint density at radius 3 is 2.58 bits per heavy atom. The second-order valence-electron chi connectivity index (χ2n) is 8.05. The van der Waals surface area contributed by atoms with Gasteiger partial charge in [0, 0.05) is 37.5 Å². The summed E-state index contributed by atoms with van der Waals surface area (Å²) in [5, 5.41) is 2.60. The number of thioether (sulfide) groups is 1. The van der Waals surface area contributed by atoms with Gasteiger partial charge in [-0.3, -0.25) is 9.59 Å². The highest BCUT2D eigenvalue weighted by Gasteiger charge is 2.28. The lowest BCUT2D eigenvalue weighted by Crippen LogP contribution is -2.49. The number of nitrogens with one attached hydrogen (secondary N) is 1. The summed E-state index contributed by atoms with van der Waals surface area (Å²) in [5.74, 6) is -0.974. The van der Waals surface area contributed by atoms with Crippen LogP contribution in [0.15, 0.2) is 52.3 Å². The maximum absolute atomic E-state index is 14.0. The summed E-state index contributed by atoms with van der Waals surface area (Å²) in [4.78, 5) is 29.2. The maximum Gasteiger partial charge on any atom is 0.237 e. The number of hydrogen-bond acceptors (Lipinski definition) is 6. The molecule has 0 spiro atoms. The topological polar surface area (TPSA) is 86.8 Å². The fourth-order valence-corrected chi connectivity index (χ4v) is 6.27. The normalized spacial score (nSPS) is 18.6. The Hall–Kier alpha value is -2.59. The Balaban J connectivity index is 1.34. The molecule has 0 radical (unpaired) electrons. The molecule has 2 aliphatic rings. The van der Waals surface area contributed by atoms with Crippen LogP contribution in [0.5, 0.6) is 0 Å². The van der Waals surface area contributed by atoms with E-state index in [9.17, 15) is 22.4 Å². The summed E-state index contributed by atoms with van der Waals surface area (Å²) in [6, 6.07) is 11.2. The van der Waals surface area contributed by atoms with Gasteiger partial charge in [0.1, 0.15) is 5.82 Å². The van der Waals surface area contributed by atoms with Crippen LogP contribution < -0.4 is 10.2 Å². The summed E-state index contributed by atoms with van der Waals surface area (Å²) in [5.41, 5.74) is 1.00. The van der Waals surface area contributed by atoms with Crippen molar-refractivity contribution in [2.45, 2.75) is 34.8 Å². The number of halogens is 1. The molecule has 2 aliphatic heterocycles. The van der Waals surface area contributed by atoms with Crippen molar-refractivity contribution in [2.75, 3.05) is 42.1 Å². The molecule has 10 heteroatoms. The van der Waals surface area contributed by atoms with Crippen LogP contribution in [0.25, 0.3) is 0 Å². The molecule has 2 amide bonds. The number of hydrogen-bond donors (Lipinski definition) is 1. The average Bonchev–Trinajstić information content (AvgIpc) is 2.82. The molecule has 1 fully saturated rings. The van der Waals surface area contributed by atoms with Crippen molar-refractivity contribution < 1.29 is 22.4 Å². The van der Waals surface area contributed by atoms with Crippen molar-refractivity contribution in [3.8, 4) is 0 Å². The Morgan fingerprint density at radius 2 is 1.88 bits per heavy atom. The van der Waals surface area contributed by atoms with E-state index in [1.54, 1.807) is 29.2 Å². The number of carbonyl (C=O) groups is 2. The van der Waals surface area contributed by atoms with Gasteiger partial charge in [0.15, 0.2) is 9.84 Å². The first-order valence-corrected chi connectivity index (χ1v) is 13.4. The third-order valence-electron chi connectivity index (χ3n) is 5.91. The number of para-hydroxylation sites is 1. The minimum absolute atomic E-state index is 0.0919. The van der Waals surface area contributed by atoms with Gasteiger partial charge >= 0.3 is 0 Å². The molecule has 0 saturated carbocycles. The molecule has 2 heterocycles. The minimum Gasteiger partial charge on any atom is -0.366 e. The van der Waals surface area contributed by atoms with Crippen molar-refractivity contribution in [1.82, 2.24) is 4.90 Å². The third kappa shape index (κ3) is 5.16. The van der Waals surface area contributed by atoms with Crippen molar-refractivity contribution in [3.63, 3.8) is 0 Å². The zero-order valence-corrected chi connectivity index (χ0v) is 19.9. The van der Waals surface area contributed by atoms with Crippen molar-refractivity contribution in [1.29, 1.82) is 0 Å². The van der Waals surface area contributed by atoms with E-state index in [0.29, 0.717) is 44.0 Å². The maximum atomic E-state index is 14.0. The Bertz CT molecular complexity index is 1160. The monoisotopic (exact) mass is 491 g/mol. The van der Waals surface area contributed by atoms with E-state index in [2.05, 4.69) is 5.32 Å². The van der Waals surface area contributed by atoms with Crippen LogP contribution in [-0.2, 0) is 19.4 Å². The van der Waals surface area contributed by atoms with E-state index in [1.807, 2.05) is 11.8 Å². The van der Waals surface area contributed by atoms with Crippen molar-refractivity contribution in [2.24, 2.45) is 0 Å². The number of amides is 2. The molecule has 0 unspecified atom stereocenters. The molecule has 33 heavy (non-hydrogen) atoms. The molecule has 0 aromatic heterocycles.